The van der Waals surface area contributed by atoms with E-state index in [9.17, 15) is 18.0 Å². The van der Waals surface area contributed by atoms with Crippen molar-refractivity contribution in [3.05, 3.63) is 0 Å². The number of nitrogens with two attached hydrogens (primary N) is 1. The molecular formula is C13H23F3N2O. The lowest BCUT2D eigenvalue weighted by atomic mass is 9.81. The third-order valence-corrected chi connectivity index (χ3v) is 4.16. The van der Waals surface area contributed by atoms with E-state index in [0.29, 0.717) is 6.92 Å². The lowest BCUT2D eigenvalue weighted by molar-refractivity contribution is -0.187. The molecular weight excluding hydrogens is 257 g/mol. The van der Waals surface area contributed by atoms with E-state index >= 15 is 0 Å². The number of amides is 1. The van der Waals surface area contributed by atoms with Crippen LogP contribution in [-0.4, -0.2) is 24.2 Å². The Balaban J connectivity index is 2.39. The lowest BCUT2D eigenvalue weighted by Crippen LogP contribution is -2.61. The minimum absolute atomic E-state index is 0.274. The van der Waals surface area contributed by atoms with E-state index in [4.69, 9.17) is 5.73 Å². The number of hydrogen-bond donors (Lipinski definition) is 2. The summed E-state index contributed by atoms with van der Waals surface area (Å²) in [6.45, 7) is 3.14. The highest BCUT2D eigenvalue weighted by Crippen LogP contribution is 2.31. The van der Waals surface area contributed by atoms with Crippen LogP contribution in [0.3, 0.4) is 0 Å². The number of carbonyl (C=O) groups excluding carboxylic acids is 1. The zero-order valence-corrected chi connectivity index (χ0v) is 11.5. The topological polar surface area (TPSA) is 55.1 Å². The minimum atomic E-state index is -4.73. The molecule has 6 heteroatoms. The Morgan fingerprint density at radius 3 is 2.11 bits per heavy atom. The third kappa shape index (κ3) is 4.09. The average Bonchev–Trinajstić information content (AvgIpc) is 2.35. The van der Waals surface area contributed by atoms with E-state index in [-0.39, 0.29) is 12.5 Å². The number of carbonyl (C=O) groups is 1. The monoisotopic (exact) mass is 280 g/mol. The highest BCUT2D eigenvalue weighted by molar-refractivity contribution is 5.86. The summed E-state index contributed by atoms with van der Waals surface area (Å²) < 4.78 is 37.7. The molecule has 0 bridgehead atoms. The first kappa shape index (κ1) is 16.3. The van der Waals surface area contributed by atoms with Crippen LogP contribution in [0.15, 0.2) is 0 Å². The molecule has 0 spiro atoms. The quantitative estimate of drug-likeness (QED) is 0.831. The Labute approximate surface area is 112 Å². The SMILES string of the molecule is CCC1CCC(CNC(=O)C(C)(N)C(F)(F)F)CC1. The molecule has 0 heterocycles. The van der Waals surface area contributed by atoms with Crippen molar-refractivity contribution >= 4 is 5.91 Å². The van der Waals surface area contributed by atoms with Crippen LogP contribution in [0.4, 0.5) is 13.2 Å². The smallest absolute Gasteiger partial charge is 0.354 e. The van der Waals surface area contributed by atoms with E-state index in [1.165, 1.54) is 0 Å². The molecule has 1 fully saturated rings. The van der Waals surface area contributed by atoms with Gasteiger partial charge >= 0.3 is 6.18 Å². The molecule has 1 atom stereocenters. The lowest BCUT2D eigenvalue weighted by Gasteiger charge is -2.30. The standard InChI is InChI=1S/C13H23F3N2O/c1-3-9-4-6-10(7-5-9)8-18-11(19)12(2,17)13(14,15)16/h9-10H,3-8,17H2,1-2H3,(H,18,19). The second-order valence-corrected chi connectivity index (χ2v) is 5.71. The van der Waals surface area contributed by atoms with Gasteiger partial charge in [-0.3, -0.25) is 4.79 Å². The minimum Gasteiger partial charge on any atom is -0.354 e. The average molecular weight is 280 g/mol. The summed E-state index contributed by atoms with van der Waals surface area (Å²) in [6, 6.07) is 0. The van der Waals surface area contributed by atoms with Gasteiger partial charge in [-0.05, 0) is 31.6 Å². The van der Waals surface area contributed by atoms with Crippen LogP contribution in [-0.2, 0) is 4.79 Å². The van der Waals surface area contributed by atoms with Crippen molar-refractivity contribution in [3.63, 3.8) is 0 Å². The van der Waals surface area contributed by atoms with Crippen LogP contribution in [0.25, 0.3) is 0 Å². The van der Waals surface area contributed by atoms with Crippen LogP contribution in [0.2, 0.25) is 0 Å². The third-order valence-electron chi connectivity index (χ3n) is 4.16. The molecule has 1 aliphatic rings. The molecule has 1 saturated carbocycles. The molecule has 0 aliphatic heterocycles. The first-order valence-electron chi connectivity index (χ1n) is 6.82. The molecule has 3 N–H and O–H groups in total. The highest BCUT2D eigenvalue weighted by Gasteiger charge is 2.53. The van der Waals surface area contributed by atoms with Crippen molar-refractivity contribution in [2.45, 2.75) is 57.7 Å². The van der Waals surface area contributed by atoms with E-state index in [2.05, 4.69) is 12.2 Å². The molecule has 112 valence electrons. The van der Waals surface area contributed by atoms with Gasteiger partial charge in [-0.25, -0.2) is 0 Å². The summed E-state index contributed by atoms with van der Waals surface area (Å²) in [7, 11) is 0. The van der Waals surface area contributed by atoms with Gasteiger partial charge in [0.1, 0.15) is 0 Å². The Hall–Kier alpha value is -0.780. The molecule has 0 aromatic rings. The molecule has 1 rings (SSSR count). The van der Waals surface area contributed by atoms with Gasteiger partial charge in [-0.15, -0.1) is 0 Å². The summed E-state index contributed by atoms with van der Waals surface area (Å²) in [4.78, 5) is 11.5. The molecule has 0 aromatic carbocycles. The van der Waals surface area contributed by atoms with Crippen LogP contribution in [0, 0.1) is 11.8 Å². The number of halogens is 3. The van der Waals surface area contributed by atoms with Crippen molar-refractivity contribution in [2.75, 3.05) is 6.54 Å². The fourth-order valence-corrected chi connectivity index (χ4v) is 2.39. The van der Waals surface area contributed by atoms with Crippen LogP contribution in [0.1, 0.15) is 46.0 Å². The van der Waals surface area contributed by atoms with E-state index < -0.39 is 17.6 Å². The molecule has 0 saturated heterocycles. The van der Waals surface area contributed by atoms with Crippen molar-refractivity contribution < 1.29 is 18.0 Å². The van der Waals surface area contributed by atoms with Crippen LogP contribution in [0.5, 0.6) is 0 Å². The largest absolute Gasteiger partial charge is 0.415 e. The second kappa shape index (κ2) is 6.11. The molecule has 0 aromatic heterocycles. The number of hydrogen-bond acceptors (Lipinski definition) is 2. The van der Waals surface area contributed by atoms with Crippen LogP contribution >= 0.6 is 0 Å². The summed E-state index contributed by atoms with van der Waals surface area (Å²) in [6.07, 6.45) is 0.537. The second-order valence-electron chi connectivity index (χ2n) is 5.71. The van der Waals surface area contributed by atoms with Gasteiger partial charge in [0.2, 0.25) is 5.91 Å². The Bertz CT molecular complexity index is 308. The Morgan fingerprint density at radius 2 is 1.68 bits per heavy atom. The maximum Gasteiger partial charge on any atom is 0.415 e. The normalized spacial score (nSPS) is 27.7. The predicted octanol–water partition coefficient (Wildman–Crippen LogP) is 2.60. The van der Waals surface area contributed by atoms with Gasteiger partial charge in [0.25, 0.3) is 0 Å². The van der Waals surface area contributed by atoms with E-state index in [1.807, 2.05) is 0 Å². The first-order valence-corrected chi connectivity index (χ1v) is 6.82. The van der Waals surface area contributed by atoms with Gasteiger partial charge < -0.3 is 11.1 Å². The summed E-state index contributed by atoms with van der Waals surface area (Å²) in [5, 5.41) is 2.35. The van der Waals surface area contributed by atoms with Gasteiger partial charge in [0.05, 0.1) is 0 Å². The number of alkyl halides is 3. The molecule has 1 amide bonds. The molecule has 0 radical (unpaired) electrons. The fraction of sp³-hybridized carbons (Fsp3) is 0.923. The summed E-state index contributed by atoms with van der Waals surface area (Å²) >= 11 is 0. The van der Waals surface area contributed by atoms with Crippen molar-refractivity contribution in [1.29, 1.82) is 0 Å². The fourth-order valence-electron chi connectivity index (χ4n) is 2.39. The maximum absolute atomic E-state index is 12.6. The van der Waals surface area contributed by atoms with Gasteiger partial charge in [0, 0.05) is 6.54 Å². The van der Waals surface area contributed by atoms with Crippen molar-refractivity contribution in [3.8, 4) is 0 Å². The zero-order valence-electron chi connectivity index (χ0n) is 11.5. The van der Waals surface area contributed by atoms with E-state index in [0.717, 1.165) is 38.0 Å². The van der Waals surface area contributed by atoms with Gasteiger partial charge in [-0.2, -0.15) is 13.2 Å². The van der Waals surface area contributed by atoms with E-state index in [1.54, 1.807) is 0 Å². The molecule has 19 heavy (non-hydrogen) atoms. The number of nitrogens with one attached hydrogen (secondary N) is 1. The maximum atomic E-state index is 12.6. The summed E-state index contributed by atoms with van der Waals surface area (Å²) in [5.74, 6) is -0.143. The van der Waals surface area contributed by atoms with Gasteiger partial charge in [0.15, 0.2) is 5.54 Å². The van der Waals surface area contributed by atoms with Crippen molar-refractivity contribution in [1.82, 2.24) is 5.32 Å². The zero-order chi connectivity index (χ0) is 14.7. The van der Waals surface area contributed by atoms with Crippen molar-refractivity contribution in [2.24, 2.45) is 17.6 Å². The first-order chi connectivity index (χ1) is 8.68. The predicted molar refractivity (Wildman–Crippen MR) is 67.4 cm³/mol. The van der Waals surface area contributed by atoms with Gasteiger partial charge in [-0.1, -0.05) is 26.2 Å². The Kier molecular flexibility index (Phi) is 5.24. The molecule has 1 unspecified atom stereocenters. The molecule has 3 nitrogen and oxygen atoms in total. The summed E-state index contributed by atoms with van der Waals surface area (Å²) in [5.41, 5.74) is 2.25. The number of rotatable bonds is 4. The van der Waals surface area contributed by atoms with Crippen LogP contribution < -0.4 is 11.1 Å². The Morgan fingerprint density at radius 1 is 1.21 bits per heavy atom. The molecule has 1 aliphatic carbocycles. The highest BCUT2D eigenvalue weighted by atomic mass is 19.4.